The summed E-state index contributed by atoms with van der Waals surface area (Å²) in [6.07, 6.45) is 13.7. The van der Waals surface area contributed by atoms with Gasteiger partial charge in [-0.05, 0) is 116 Å². The van der Waals surface area contributed by atoms with Gasteiger partial charge in [0.1, 0.15) is 5.82 Å². The summed E-state index contributed by atoms with van der Waals surface area (Å²) >= 11 is 0. The van der Waals surface area contributed by atoms with Crippen LogP contribution in [0.1, 0.15) is 112 Å². The number of fused-ring (bicyclic) bond motifs is 5. The van der Waals surface area contributed by atoms with Crippen LogP contribution in [0.15, 0.2) is 70.1 Å². The Morgan fingerprint density at radius 2 is 1.81 bits per heavy atom. The lowest BCUT2D eigenvalue weighted by Gasteiger charge is -2.52. The van der Waals surface area contributed by atoms with Crippen LogP contribution in [0.3, 0.4) is 0 Å². The van der Waals surface area contributed by atoms with Crippen LogP contribution in [0.2, 0.25) is 0 Å². The Kier molecular flexibility index (Phi) is 8.86. The van der Waals surface area contributed by atoms with Gasteiger partial charge in [0.05, 0.1) is 22.7 Å². The third kappa shape index (κ3) is 6.08. The Bertz CT molecular complexity index is 1840. The first-order chi connectivity index (χ1) is 22.7. The van der Waals surface area contributed by atoms with Crippen molar-refractivity contribution in [2.75, 3.05) is 0 Å². The number of ketones is 2. The minimum atomic E-state index is -0.509. The van der Waals surface area contributed by atoms with Crippen molar-refractivity contribution >= 4 is 22.3 Å². The number of H-pyrrole nitrogens is 1. The molecule has 3 aromatic rings. The number of hydrogen-bond acceptors (Lipinski definition) is 5. The topological polar surface area (TPSA) is 100 Å². The van der Waals surface area contributed by atoms with Gasteiger partial charge < -0.3 is 5.11 Å². The highest BCUT2D eigenvalue weighted by Gasteiger charge is 2.55. The van der Waals surface area contributed by atoms with Gasteiger partial charge in [0.25, 0.3) is 5.56 Å². The number of aliphatic hydroxyl groups is 1. The number of halogens is 1. The van der Waals surface area contributed by atoms with E-state index in [1.807, 2.05) is 18.2 Å². The van der Waals surface area contributed by atoms with Crippen molar-refractivity contribution in [3.05, 3.63) is 98.3 Å². The van der Waals surface area contributed by atoms with E-state index < -0.39 is 5.82 Å². The van der Waals surface area contributed by atoms with Crippen LogP contribution >= 0.6 is 0 Å². The normalized spacial score (nSPS) is 27.0. The van der Waals surface area contributed by atoms with Crippen LogP contribution in [0, 0.1) is 29.0 Å². The van der Waals surface area contributed by atoms with Crippen molar-refractivity contribution < 1.29 is 19.1 Å². The number of carbonyl (C=O) groups excluding carboxylic acids is 2. The second-order valence-electron chi connectivity index (χ2n) is 14.7. The minimum absolute atomic E-state index is 0.0307. The molecule has 2 N–H and O–H groups in total. The lowest BCUT2D eigenvalue weighted by Crippen LogP contribution is -2.45. The summed E-state index contributed by atoms with van der Waals surface area (Å²) in [4.78, 5) is 37.5. The molecule has 5 atom stereocenters. The number of aliphatic hydroxyl groups excluding tert-OH is 1. The van der Waals surface area contributed by atoms with Gasteiger partial charge in [-0.25, -0.2) is 9.49 Å². The Labute approximate surface area is 275 Å². The van der Waals surface area contributed by atoms with Gasteiger partial charge in [-0.2, -0.15) is 5.10 Å². The number of Topliss-reactive ketones (excluding diaryl/α,β-unsaturated/α-hetero) is 1. The average Bonchev–Trinajstić information content (AvgIpc) is 3.37. The standard InChI is InChI=1S/C40H45FN2O4/c1-40-23-26(38-28-16-14-27(44)22-25(28)13-15-31(38)33(40)17-19-37(40)46)8-4-2-3-5-11-36(45)32-20-24(12-18-34(32)41)21-35-29-9-6-7-10-30(29)39(47)43-42-35/h6-7,9-10,12,18,20,22,26,31,33,37,46H,2-5,8,11,13-17,19,21,23H2,1H3,(H,43,47)/t26-,31-,33-,37-,40-/m0/s1. The summed E-state index contributed by atoms with van der Waals surface area (Å²) in [5.41, 5.74) is 5.63. The Hall–Kier alpha value is -3.71. The third-order valence-corrected chi connectivity index (χ3v) is 12.0. The molecule has 4 aliphatic rings. The van der Waals surface area contributed by atoms with Crippen molar-refractivity contribution in [2.45, 2.75) is 103 Å². The van der Waals surface area contributed by atoms with Crippen molar-refractivity contribution in [1.29, 1.82) is 0 Å². The SMILES string of the molecule is C[C@]12C[C@H](CCCCCCC(=O)c3cc(Cc4n[nH]c(=O)c5ccccc45)ccc3F)C3=C4CCC(=O)C=C4CC[C@H]3[C@@H]1CC[C@@H]2O. The van der Waals surface area contributed by atoms with E-state index in [9.17, 15) is 23.9 Å². The predicted molar refractivity (Wildman–Crippen MR) is 181 cm³/mol. The quantitative estimate of drug-likeness (QED) is 0.174. The van der Waals surface area contributed by atoms with E-state index >= 15 is 0 Å². The second kappa shape index (κ2) is 13.1. The Morgan fingerprint density at radius 3 is 2.66 bits per heavy atom. The van der Waals surface area contributed by atoms with Crippen molar-refractivity contribution in [3.8, 4) is 0 Å². The van der Waals surface area contributed by atoms with E-state index in [0.717, 1.165) is 75.2 Å². The zero-order chi connectivity index (χ0) is 32.7. The molecule has 0 spiro atoms. The number of allylic oxidation sites excluding steroid dienone is 4. The molecule has 0 unspecified atom stereocenters. The smallest absolute Gasteiger partial charge is 0.272 e. The lowest BCUT2D eigenvalue weighted by molar-refractivity contribution is -0.114. The molecule has 246 valence electrons. The molecule has 2 saturated carbocycles. The summed E-state index contributed by atoms with van der Waals surface area (Å²) in [5.74, 6) is 1.06. The molecule has 0 saturated heterocycles. The predicted octanol–water partition coefficient (Wildman–Crippen LogP) is 7.97. The number of unbranched alkanes of at least 4 members (excludes halogenated alkanes) is 3. The van der Waals surface area contributed by atoms with Crippen LogP contribution in [-0.2, 0) is 11.2 Å². The molecule has 1 aromatic heterocycles. The molecular formula is C40H45FN2O4. The molecule has 4 aliphatic carbocycles. The molecule has 2 aromatic carbocycles. The second-order valence-corrected chi connectivity index (χ2v) is 14.7. The fourth-order valence-corrected chi connectivity index (χ4v) is 9.62. The van der Waals surface area contributed by atoms with Gasteiger partial charge in [0.15, 0.2) is 11.6 Å². The molecule has 2 fully saturated rings. The highest BCUT2D eigenvalue weighted by Crippen LogP contribution is 2.62. The summed E-state index contributed by atoms with van der Waals surface area (Å²) in [6, 6.07) is 11.9. The first-order valence-corrected chi connectivity index (χ1v) is 17.7. The van der Waals surface area contributed by atoms with Crippen molar-refractivity contribution in [2.24, 2.45) is 23.2 Å². The molecule has 0 bridgehead atoms. The zero-order valence-electron chi connectivity index (χ0n) is 27.3. The largest absolute Gasteiger partial charge is 0.393 e. The summed E-state index contributed by atoms with van der Waals surface area (Å²) in [6.45, 7) is 2.32. The Balaban J connectivity index is 0.964. The maximum absolute atomic E-state index is 14.8. The van der Waals surface area contributed by atoms with Gasteiger partial charge in [-0.15, -0.1) is 0 Å². The van der Waals surface area contributed by atoms with E-state index in [0.29, 0.717) is 54.5 Å². The van der Waals surface area contributed by atoms with Crippen LogP contribution < -0.4 is 5.56 Å². The fourth-order valence-electron chi connectivity index (χ4n) is 9.62. The Morgan fingerprint density at radius 1 is 1.00 bits per heavy atom. The first kappa shape index (κ1) is 31.9. The number of rotatable bonds is 10. The van der Waals surface area contributed by atoms with Gasteiger partial charge in [-0.1, -0.05) is 56.0 Å². The highest BCUT2D eigenvalue weighted by atomic mass is 19.1. The lowest BCUT2D eigenvalue weighted by atomic mass is 9.53. The molecule has 0 amide bonds. The van der Waals surface area contributed by atoms with Crippen LogP contribution in [0.5, 0.6) is 0 Å². The van der Waals surface area contributed by atoms with E-state index in [1.165, 1.54) is 17.2 Å². The molecule has 0 radical (unpaired) electrons. The van der Waals surface area contributed by atoms with Gasteiger partial charge in [0.2, 0.25) is 0 Å². The monoisotopic (exact) mass is 636 g/mol. The fraction of sp³-hybridized carbons (Fsp3) is 0.500. The van der Waals surface area contributed by atoms with Gasteiger partial charge >= 0.3 is 0 Å². The summed E-state index contributed by atoms with van der Waals surface area (Å²) < 4.78 is 14.8. The molecule has 7 rings (SSSR count). The van der Waals surface area contributed by atoms with E-state index in [4.69, 9.17) is 0 Å². The molecule has 7 heteroatoms. The summed E-state index contributed by atoms with van der Waals surface area (Å²) in [5, 5.41) is 19.1. The van der Waals surface area contributed by atoms with E-state index in [2.05, 4.69) is 17.1 Å². The molecule has 47 heavy (non-hydrogen) atoms. The third-order valence-electron chi connectivity index (χ3n) is 12.0. The molecule has 0 aliphatic heterocycles. The minimum Gasteiger partial charge on any atom is -0.393 e. The van der Waals surface area contributed by atoms with Crippen LogP contribution in [0.25, 0.3) is 10.8 Å². The number of aromatic nitrogens is 2. The molecule has 6 nitrogen and oxygen atoms in total. The number of hydrogen-bond donors (Lipinski definition) is 2. The van der Waals surface area contributed by atoms with E-state index in [-0.39, 0.29) is 34.2 Å². The number of carbonyl (C=O) groups is 2. The summed E-state index contributed by atoms with van der Waals surface area (Å²) in [7, 11) is 0. The molecular weight excluding hydrogens is 591 g/mol. The van der Waals surface area contributed by atoms with Crippen molar-refractivity contribution in [1.82, 2.24) is 10.2 Å². The maximum Gasteiger partial charge on any atom is 0.272 e. The number of nitrogens with zero attached hydrogens (tertiary/aromatic N) is 1. The van der Waals surface area contributed by atoms with Gasteiger partial charge in [0, 0.05) is 24.6 Å². The van der Waals surface area contributed by atoms with Crippen LogP contribution in [-0.4, -0.2) is 33.0 Å². The first-order valence-electron chi connectivity index (χ1n) is 17.7. The zero-order valence-corrected chi connectivity index (χ0v) is 27.3. The van der Waals surface area contributed by atoms with E-state index in [1.54, 1.807) is 29.8 Å². The maximum atomic E-state index is 14.8. The average molecular weight is 637 g/mol. The van der Waals surface area contributed by atoms with Gasteiger partial charge in [-0.3, -0.25) is 14.4 Å². The number of aromatic amines is 1. The van der Waals surface area contributed by atoms with Crippen molar-refractivity contribution in [3.63, 3.8) is 0 Å². The number of nitrogens with one attached hydrogen (secondary N) is 1. The molecule has 1 heterocycles. The highest BCUT2D eigenvalue weighted by molar-refractivity contribution is 5.96. The van der Waals surface area contributed by atoms with Crippen LogP contribution in [0.4, 0.5) is 4.39 Å². The number of benzene rings is 2.